The lowest BCUT2D eigenvalue weighted by molar-refractivity contribution is 0.513. The summed E-state index contributed by atoms with van der Waals surface area (Å²) in [5.74, 6) is 0.855. The molecule has 74 valence electrons. The smallest absolute Gasteiger partial charge is 0.134 e. The van der Waals surface area contributed by atoms with Gasteiger partial charge in [0.15, 0.2) is 0 Å². The molecule has 0 fully saturated rings. The van der Waals surface area contributed by atoms with Crippen molar-refractivity contribution in [1.82, 2.24) is 0 Å². The van der Waals surface area contributed by atoms with Crippen molar-refractivity contribution in [3.8, 4) is 0 Å². The van der Waals surface area contributed by atoms with E-state index in [1.54, 1.807) is 0 Å². The summed E-state index contributed by atoms with van der Waals surface area (Å²) >= 11 is 0. The summed E-state index contributed by atoms with van der Waals surface area (Å²) in [6, 6.07) is 6.20. The van der Waals surface area contributed by atoms with Crippen molar-refractivity contribution < 1.29 is 4.42 Å². The fraction of sp³-hybridized carbons (Fsp3) is 0.333. The van der Waals surface area contributed by atoms with Crippen molar-refractivity contribution in [3.63, 3.8) is 0 Å². The zero-order valence-corrected chi connectivity index (χ0v) is 8.79. The third kappa shape index (κ3) is 1.42. The molecular formula is C12H15NO. The normalized spacial score (nSPS) is 13.4. The minimum Gasteiger partial charge on any atom is -0.459 e. The summed E-state index contributed by atoms with van der Waals surface area (Å²) in [6.07, 6.45) is 0. The Labute approximate surface area is 83.7 Å². The van der Waals surface area contributed by atoms with E-state index in [2.05, 4.69) is 19.9 Å². The topological polar surface area (TPSA) is 39.2 Å². The molecule has 0 bridgehead atoms. The number of aryl methyl sites for hydroxylation is 2. The third-order valence-electron chi connectivity index (χ3n) is 2.46. The molecule has 1 heterocycles. The maximum absolute atomic E-state index is 5.77. The van der Waals surface area contributed by atoms with E-state index in [1.165, 1.54) is 16.5 Å². The number of nitrogens with two attached hydrogens (primary N) is 1. The summed E-state index contributed by atoms with van der Waals surface area (Å²) in [4.78, 5) is 0. The molecule has 0 amide bonds. The molecule has 2 aromatic rings. The molecule has 0 radical (unpaired) electrons. The molecule has 2 nitrogen and oxygen atoms in total. The molecule has 0 aliphatic rings. The highest BCUT2D eigenvalue weighted by atomic mass is 16.3. The van der Waals surface area contributed by atoms with Crippen molar-refractivity contribution in [2.75, 3.05) is 0 Å². The predicted octanol–water partition coefficient (Wildman–Crippen LogP) is 3.07. The molecule has 1 aromatic carbocycles. The lowest BCUT2D eigenvalue weighted by Gasteiger charge is -1.97. The molecule has 1 aromatic heterocycles. The van der Waals surface area contributed by atoms with Gasteiger partial charge in [-0.15, -0.1) is 0 Å². The van der Waals surface area contributed by atoms with Gasteiger partial charge in [0.2, 0.25) is 0 Å². The summed E-state index contributed by atoms with van der Waals surface area (Å²) in [6.45, 7) is 6.09. The van der Waals surface area contributed by atoms with E-state index in [4.69, 9.17) is 10.2 Å². The van der Waals surface area contributed by atoms with Crippen LogP contribution in [0.2, 0.25) is 0 Å². The van der Waals surface area contributed by atoms with Crippen molar-refractivity contribution in [2.45, 2.75) is 26.8 Å². The van der Waals surface area contributed by atoms with Gasteiger partial charge in [0.05, 0.1) is 6.04 Å². The zero-order valence-electron chi connectivity index (χ0n) is 8.79. The van der Waals surface area contributed by atoms with Crippen molar-refractivity contribution in [2.24, 2.45) is 5.73 Å². The first kappa shape index (κ1) is 9.28. The van der Waals surface area contributed by atoms with Gasteiger partial charge in [-0.05, 0) is 44.0 Å². The van der Waals surface area contributed by atoms with Gasteiger partial charge in [-0.3, -0.25) is 0 Å². The molecule has 0 saturated carbocycles. The molecule has 1 unspecified atom stereocenters. The lowest BCUT2D eigenvalue weighted by atomic mass is 10.1. The van der Waals surface area contributed by atoms with Crippen LogP contribution in [0.3, 0.4) is 0 Å². The molecular weight excluding hydrogens is 174 g/mol. The summed E-state index contributed by atoms with van der Waals surface area (Å²) < 4.78 is 5.67. The Balaban J connectivity index is 2.70. The number of rotatable bonds is 1. The first-order valence-corrected chi connectivity index (χ1v) is 4.84. The van der Waals surface area contributed by atoms with Crippen LogP contribution in [0.15, 0.2) is 22.6 Å². The first-order chi connectivity index (χ1) is 6.58. The Morgan fingerprint density at radius 2 is 1.93 bits per heavy atom. The minimum absolute atomic E-state index is 0.0397. The Hall–Kier alpha value is -1.28. The maximum Gasteiger partial charge on any atom is 0.134 e. The molecule has 2 N–H and O–H groups in total. The number of benzene rings is 1. The fourth-order valence-corrected chi connectivity index (χ4v) is 1.73. The van der Waals surface area contributed by atoms with Crippen LogP contribution >= 0.6 is 0 Å². The van der Waals surface area contributed by atoms with E-state index in [-0.39, 0.29) is 6.04 Å². The van der Waals surface area contributed by atoms with E-state index >= 15 is 0 Å². The predicted molar refractivity (Wildman–Crippen MR) is 58.3 cm³/mol. The van der Waals surface area contributed by atoms with Crippen LogP contribution in [-0.2, 0) is 0 Å². The third-order valence-corrected chi connectivity index (χ3v) is 2.46. The first-order valence-electron chi connectivity index (χ1n) is 4.84. The van der Waals surface area contributed by atoms with E-state index in [1.807, 2.05) is 19.1 Å². The number of hydrogen-bond donors (Lipinski definition) is 1. The highest BCUT2D eigenvalue weighted by Crippen LogP contribution is 2.26. The molecule has 0 aliphatic carbocycles. The number of furan rings is 1. The second-order valence-corrected chi connectivity index (χ2v) is 3.93. The van der Waals surface area contributed by atoms with Gasteiger partial charge in [0.1, 0.15) is 11.3 Å². The summed E-state index contributed by atoms with van der Waals surface area (Å²) in [5.41, 5.74) is 9.18. The van der Waals surface area contributed by atoms with Gasteiger partial charge in [-0.25, -0.2) is 0 Å². The average Bonchev–Trinajstić information content (AvgIpc) is 2.47. The standard InChI is InChI=1S/C12H15NO/c1-7-4-8(2)10-6-11(9(3)13)14-12(10)5-7/h4-6,9H,13H2,1-3H3. The van der Waals surface area contributed by atoms with Crippen LogP contribution < -0.4 is 5.73 Å². The quantitative estimate of drug-likeness (QED) is 0.748. The Morgan fingerprint density at radius 1 is 1.21 bits per heavy atom. The van der Waals surface area contributed by atoms with Crippen LogP contribution in [0.1, 0.15) is 29.9 Å². The second-order valence-electron chi connectivity index (χ2n) is 3.93. The number of fused-ring (bicyclic) bond motifs is 1. The molecule has 14 heavy (non-hydrogen) atoms. The van der Waals surface area contributed by atoms with Gasteiger partial charge in [0, 0.05) is 5.39 Å². The Bertz CT molecular complexity index is 468. The second kappa shape index (κ2) is 3.14. The van der Waals surface area contributed by atoms with Gasteiger partial charge in [-0.1, -0.05) is 6.07 Å². The monoisotopic (exact) mass is 189 g/mol. The van der Waals surface area contributed by atoms with Crippen LogP contribution in [0.4, 0.5) is 0 Å². The molecule has 2 rings (SSSR count). The Kier molecular flexibility index (Phi) is 2.08. The molecule has 1 atom stereocenters. The van der Waals surface area contributed by atoms with Gasteiger partial charge >= 0.3 is 0 Å². The molecule has 0 saturated heterocycles. The van der Waals surface area contributed by atoms with Crippen LogP contribution in [0.25, 0.3) is 11.0 Å². The van der Waals surface area contributed by atoms with E-state index in [0.29, 0.717) is 0 Å². The summed E-state index contributed by atoms with van der Waals surface area (Å²) in [5, 5.41) is 1.17. The van der Waals surface area contributed by atoms with E-state index < -0.39 is 0 Å². The van der Waals surface area contributed by atoms with Crippen LogP contribution in [0.5, 0.6) is 0 Å². The average molecular weight is 189 g/mol. The Morgan fingerprint density at radius 3 is 2.57 bits per heavy atom. The van der Waals surface area contributed by atoms with Crippen LogP contribution in [0, 0.1) is 13.8 Å². The van der Waals surface area contributed by atoms with Crippen molar-refractivity contribution in [3.05, 3.63) is 35.1 Å². The molecule has 2 heteroatoms. The maximum atomic E-state index is 5.77. The number of hydrogen-bond acceptors (Lipinski definition) is 2. The van der Waals surface area contributed by atoms with Crippen molar-refractivity contribution >= 4 is 11.0 Å². The minimum atomic E-state index is -0.0397. The van der Waals surface area contributed by atoms with Gasteiger partial charge in [-0.2, -0.15) is 0 Å². The highest BCUT2D eigenvalue weighted by molar-refractivity contribution is 5.82. The lowest BCUT2D eigenvalue weighted by Crippen LogP contribution is -2.02. The van der Waals surface area contributed by atoms with Crippen LogP contribution in [-0.4, -0.2) is 0 Å². The van der Waals surface area contributed by atoms with E-state index in [9.17, 15) is 0 Å². The highest BCUT2D eigenvalue weighted by Gasteiger charge is 2.09. The molecule has 0 spiro atoms. The van der Waals surface area contributed by atoms with E-state index in [0.717, 1.165) is 11.3 Å². The zero-order chi connectivity index (χ0) is 10.3. The fourth-order valence-electron chi connectivity index (χ4n) is 1.73. The SMILES string of the molecule is Cc1cc(C)c2cc(C(C)N)oc2c1. The molecule has 0 aliphatic heterocycles. The van der Waals surface area contributed by atoms with Gasteiger partial charge < -0.3 is 10.2 Å². The largest absolute Gasteiger partial charge is 0.459 e. The van der Waals surface area contributed by atoms with Crippen molar-refractivity contribution in [1.29, 1.82) is 0 Å². The van der Waals surface area contributed by atoms with Gasteiger partial charge in [0.25, 0.3) is 0 Å². The summed E-state index contributed by atoms with van der Waals surface area (Å²) in [7, 11) is 0.